The van der Waals surface area contributed by atoms with Gasteiger partial charge in [-0.1, -0.05) is 140 Å². The number of aromatic nitrogens is 1. The first-order valence-electron chi connectivity index (χ1n) is 18.0. The molecule has 3 aromatic heterocycles. The summed E-state index contributed by atoms with van der Waals surface area (Å²) in [6, 6.07) is 58.2. The Labute approximate surface area is 307 Å². The maximum Gasteiger partial charge on any atom is 0.209 e. The molecule has 0 radical (unpaired) electrons. The van der Waals surface area contributed by atoms with Gasteiger partial charge in [-0.15, -0.1) is 11.3 Å². The zero-order valence-electron chi connectivity index (χ0n) is 28.4. The van der Waals surface area contributed by atoms with Crippen molar-refractivity contribution in [1.82, 2.24) is 4.57 Å². The number of hydrogen-bond donors (Lipinski definition) is 1. The molecule has 11 aromatic rings. The van der Waals surface area contributed by atoms with Crippen molar-refractivity contribution < 1.29 is 4.42 Å². The number of fused-ring (bicyclic) bond motifs is 14. The summed E-state index contributed by atoms with van der Waals surface area (Å²) >= 11 is 1.88. The summed E-state index contributed by atoms with van der Waals surface area (Å²) in [5, 5.41) is 14.8. The van der Waals surface area contributed by atoms with E-state index in [-0.39, 0.29) is 0 Å². The van der Waals surface area contributed by atoms with Gasteiger partial charge in [-0.2, -0.15) is 0 Å². The van der Waals surface area contributed by atoms with Gasteiger partial charge in [-0.3, -0.25) is 4.57 Å². The summed E-state index contributed by atoms with van der Waals surface area (Å²) in [5.74, 6) is 1.60. The number of rotatable bonds is 2. The number of hydrogen-bond acceptors (Lipinski definition) is 4. The molecule has 0 aliphatic carbocycles. The van der Waals surface area contributed by atoms with Crippen LogP contribution in [0.15, 0.2) is 173 Å². The normalized spacial score (nSPS) is 14.5. The average molecular weight is 696 g/mol. The van der Waals surface area contributed by atoms with Crippen LogP contribution < -0.4 is 5.32 Å². The van der Waals surface area contributed by atoms with E-state index < -0.39 is 6.04 Å². The van der Waals surface area contributed by atoms with Crippen molar-refractivity contribution in [3.63, 3.8) is 0 Å². The number of benzene rings is 8. The monoisotopic (exact) mass is 695 g/mol. The minimum Gasteiger partial charge on any atom is -0.456 e. The number of aliphatic imine (C=N–C) groups is 1. The summed E-state index contributed by atoms with van der Waals surface area (Å²) in [5.41, 5.74) is 7.58. The highest BCUT2D eigenvalue weighted by Gasteiger charge is 2.33. The van der Waals surface area contributed by atoms with Crippen molar-refractivity contribution in [2.75, 3.05) is 5.32 Å². The fourth-order valence-corrected chi connectivity index (χ4v) is 10.1. The van der Waals surface area contributed by atoms with Gasteiger partial charge < -0.3 is 9.73 Å². The number of anilines is 1. The van der Waals surface area contributed by atoms with Gasteiger partial charge in [0.05, 0.1) is 16.7 Å². The van der Waals surface area contributed by atoms with Gasteiger partial charge in [0, 0.05) is 47.1 Å². The second kappa shape index (κ2) is 10.9. The zero-order valence-corrected chi connectivity index (χ0v) is 29.2. The van der Waals surface area contributed by atoms with E-state index in [1.807, 2.05) is 17.4 Å². The van der Waals surface area contributed by atoms with Crippen LogP contribution in [-0.2, 0) is 0 Å². The molecule has 53 heavy (non-hydrogen) atoms. The topological polar surface area (TPSA) is 42.5 Å². The predicted octanol–water partition coefficient (Wildman–Crippen LogP) is 13.3. The minimum atomic E-state index is -0.392. The Morgan fingerprint density at radius 2 is 1.21 bits per heavy atom. The maximum atomic E-state index is 6.75. The molecule has 0 bridgehead atoms. The Balaban J connectivity index is 1.21. The first-order valence-corrected chi connectivity index (χ1v) is 18.8. The third-order valence-corrected chi connectivity index (χ3v) is 12.3. The van der Waals surface area contributed by atoms with Crippen LogP contribution in [0.4, 0.5) is 5.69 Å². The number of thiophene rings is 1. The van der Waals surface area contributed by atoms with Crippen LogP contribution in [-0.4, -0.2) is 10.5 Å². The lowest BCUT2D eigenvalue weighted by atomic mass is 9.91. The summed E-state index contributed by atoms with van der Waals surface area (Å²) < 4.78 is 11.7. The molecule has 248 valence electrons. The Kier molecular flexibility index (Phi) is 5.96. The van der Waals surface area contributed by atoms with Crippen LogP contribution >= 0.6 is 11.3 Å². The van der Waals surface area contributed by atoms with Crippen molar-refractivity contribution in [1.29, 1.82) is 0 Å². The summed E-state index contributed by atoms with van der Waals surface area (Å²) in [6.45, 7) is 0. The molecule has 1 unspecified atom stereocenters. The molecule has 1 atom stereocenters. The molecule has 0 spiro atoms. The number of nitrogens with one attached hydrogen (secondary N) is 1. The van der Waals surface area contributed by atoms with Gasteiger partial charge >= 0.3 is 0 Å². The fraction of sp³-hybridized carbons (Fsp3) is 0.0208. The van der Waals surface area contributed by atoms with E-state index in [0.29, 0.717) is 0 Å². The molecule has 1 N–H and O–H groups in total. The van der Waals surface area contributed by atoms with Crippen molar-refractivity contribution in [3.8, 4) is 11.1 Å². The smallest absolute Gasteiger partial charge is 0.209 e. The van der Waals surface area contributed by atoms with Crippen molar-refractivity contribution in [2.24, 2.45) is 4.99 Å². The summed E-state index contributed by atoms with van der Waals surface area (Å²) in [6.07, 6.45) is 0. The van der Waals surface area contributed by atoms with Crippen LogP contribution in [0.1, 0.15) is 17.4 Å². The highest BCUT2D eigenvalue weighted by atomic mass is 32.1. The molecular formula is C48H29N3OS. The standard InChI is InChI=1S/C48H29N3OS/c1-2-14-28(15-3-1)29-26-27-32(31-17-5-4-16-30(29)31)43-46-44(36-21-9-12-24-39(36)52-46)50-48(49-43)51-38-23-11-8-20-35(38)41-42-37-22-10-13-25-40(37)53-47(42)34-19-7-6-18-33(34)45(41)51/h1-27,43H,(H,49,50). The number of nitrogens with zero attached hydrogens (tertiary/aromatic N) is 2. The Morgan fingerprint density at radius 1 is 0.547 bits per heavy atom. The van der Waals surface area contributed by atoms with Gasteiger partial charge in [0.15, 0.2) is 5.76 Å². The molecule has 0 amide bonds. The molecule has 4 heterocycles. The van der Waals surface area contributed by atoms with Crippen molar-refractivity contribution in [2.45, 2.75) is 6.04 Å². The fourth-order valence-electron chi connectivity index (χ4n) is 8.80. The van der Waals surface area contributed by atoms with Crippen molar-refractivity contribution in [3.05, 3.63) is 175 Å². The van der Waals surface area contributed by atoms with E-state index in [0.717, 1.165) is 50.4 Å². The van der Waals surface area contributed by atoms with Gasteiger partial charge in [-0.25, -0.2) is 4.99 Å². The number of para-hydroxylation sites is 2. The molecule has 0 saturated carbocycles. The highest BCUT2D eigenvalue weighted by molar-refractivity contribution is 7.27. The minimum absolute atomic E-state index is 0.392. The maximum absolute atomic E-state index is 6.75. The zero-order chi connectivity index (χ0) is 34.6. The molecule has 8 aromatic carbocycles. The predicted molar refractivity (Wildman–Crippen MR) is 224 cm³/mol. The highest BCUT2D eigenvalue weighted by Crippen LogP contribution is 2.49. The van der Waals surface area contributed by atoms with Crippen LogP contribution in [0.5, 0.6) is 0 Å². The SMILES string of the molecule is c1ccc(-c2ccc(C3N=C(n4c5ccccc5c5c6c7ccccc7sc6c6ccccc6c54)Nc4c3oc3ccccc43)c3ccccc23)cc1. The molecular weight excluding hydrogens is 667 g/mol. The summed E-state index contributed by atoms with van der Waals surface area (Å²) in [7, 11) is 0. The van der Waals surface area contributed by atoms with Crippen LogP contribution in [0.2, 0.25) is 0 Å². The van der Waals surface area contributed by atoms with E-state index in [4.69, 9.17) is 9.41 Å². The van der Waals surface area contributed by atoms with E-state index >= 15 is 0 Å². The van der Waals surface area contributed by atoms with Gasteiger partial charge in [0.2, 0.25) is 5.96 Å². The second-order valence-corrected chi connectivity index (χ2v) is 14.9. The molecule has 0 saturated heterocycles. The lowest BCUT2D eigenvalue weighted by Crippen LogP contribution is -2.27. The van der Waals surface area contributed by atoms with Gasteiger partial charge in [0.25, 0.3) is 0 Å². The van der Waals surface area contributed by atoms with E-state index in [1.54, 1.807) is 0 Å². The molecule has 0 fully saturated rings. The molecule has 1 aliphatic rings. The quantitative estimate of drug-likeness (QED) is 0.196. The Bertz CT molecular complexity index is 3330. The summed E-state index contributed by atoms with van der Waals surface area (Å²) in [4.78, 5) is 5.70. The van der Waals surface area contributed by atoms with Gasteiger partial charge in [0.1, 0.15) is 11.6 Å². The van der Waals surface area contributed by atoms with Crippen LogP contribution in [0, 0.1) is 0 Å². The second-order valence-electron chi connectivity index (χ2n) is 13.9. The lowest BCUT2D eigenvalue weighted by Gasteiger charge is -2.25. The van der Waals surface area contributed by atoms with Crippen molar-refractivity contribution >= 4 is 97.5 Å². The lowest BCUT2D eigenvalue weighted by molar-refractivity contribution is 0.526. The largest absolute Gasteiger partial charge is 0.456 e. The molecule has 5 heteroatoms. The molecule has 12 rings (SSSR count). The Morgan fingerprint density at radius 3 is 2.06 bits per heavy atom. The Hall–Kier alpha value is -6.69. The first kappa shape index (κ1) is 28.9. The average Bonchev–Trinajstić information content (AvgIpc) is 3.91. The third-order valence-electron chi connectivity index (χ3n) is 11.1. The van der Waals surface area contributed by atoms with Crippen LogP contribution in [0.3, 0.4) is 0 Å². The van der Waals surface area contributed by atoms with E-state index in [1.165, 1.54) is 58.2 Å². The van der Waals surface area contributed by atoms with E-state index in [9.17, 15) is 0 Å². The molecule has 1 aliphatic heterocycles. The van der Waals surface area contributed by atoms with Gasteiger partial charge in [-0.05, 0) is 51.7 Å². The first-order chi connectivity index (χ1) is 26.3. The number of furan rings is 1. The molecule has 4 nitrogen and oxygen atoms in total. The third kappa shape index (κ3) is 4.03. The van der Waals surface area contributed by atoms with Crippen LogP contribution in [0.25, 0.3) is 85.6 Å². The van der Waals surface area contributed by atoms with E-state index in [2.05, 4.69) is 168 Å².